The summed E-state index contributed by atoms with van der Waals surface area (Å²) >= 11 is 4.37. The molecule has 3 nitrogen and oxygen atoms in total. The van der Waals surface area contributed by atoms with Crippen LogP contribution in [0.3, 0.4) is 0 Å². The van der Waals surface area contributed by atoms with Gasteiger partial charge in [-0.05, 0) is 45.3 Å². The van der Waals surface area contributed by atoms with Crippen LogP contribution in [-0.2, 0) is 4.79 Å². The molecule has 0 aromatic carbocycles. The van der Waals surface area contributed by atoms with E-state index in [1.807, 2.05) is 20.2 Å². The third-order valence-corrected chi connectivity index (χ3v) is 4.89. The molecule has 1 saturated carbocycles. The van der Waals surface area contributed by atoms with Gasteiger partial charge in [0.25, 0.3) is 0 Å². The van der Waals surface area contributed by atoms with Gasteiger partial charge in [0, 0.05) is 11.8 Å². The van der Waals surface area contributed by atoms with Gasteiger partial charge < -0.3 is 10.6 Å². The first kappa shape index (κ1) is 14.8. The lowest BCUT2D eigenvalue weighted by molar-refractivity contribution is -0.136. The van der Waals surface area contributed by atoms with E-state index in [0.29, 0.717) is 12.2 Å². The number of Topliss-reactive ketones (excluding diaryl/α,β-unsaturated/α-hetero) is 1. The number of thiol groups is 1. The summed E-state index contributed by atoms with van der Waals surface area (Å²) in [5.41, 5.74) is -0.0248. The summed E-state index contributed by atoms with van der Waals surface area (Å²) in [4.78, 5) is 12.5. The van der Waals surface area contributed by atoms with Crippen LogP contribution in [0.15, 0.2) is 24.3 Å². The second kappa shape index (κ2) is 5.81. The van der Waals surface area contributed by atoms with E-state index in [0.717, 1.165) is 25.8 Å². The predicted molar refractivity (Wildman–Crippen MR) is 82.4 cm³/mol. The fourth-order valence-electron chi connectivity index (χ4n) is 3.34. The van der Waals surface area contributed by atoms with Crippen LogP contribution in [0.5, 0.6) is 0 Å². The average molecular weight is 280 g/mol. The standard InChI is InChI=1S/C15H24N2OS/c1-16-8-7-14-5-3-4-6-15(10-14,11-14)12(18)9-13(19)17-2/h3-6,13,16-17,19H,7-11H2,1-2H3. The fraction of sp³-hybridized carbons (Fsp3) is 0.667. The fourth-order valence-corrected chi connectivity index (χ4v) is 3.51. The van der Waals surface area contributed by atoms with Crippen LogP contribution >= 0.6 is 12.6 Å². The summed E-state index contributed by atoms with van der Waals surface area (Å²) in [7, 11) is 3.82. The Hall–Kier alpha value is -0.580. The van der Waals surface area contributed by atoms with Crippen molar-refractivity contribution in [3.8, 4) is 0 Å². The molecule has 1 unspecified atom stereocenters. The van der Waals surface area contributed by atoms with Crippen LogP contribution in [0.4, 0.5) is 0 Å². The molecule has 0 aromatic rings. The first-order chi connectivity index (χ1) is 9.06. The summed E-state index contributed by atoms with van der Waals surface area (Å²) in [5.74, 6) is 0.321. The van der Waals surface area contributed by atoms with Gasteiger partial charge in [0.15, 0.2) is 0 Å². The van der Waals surface area contributed by atoms with Gasteiger partial charge in [-0.2, -0.15) is 12.6 Å². The molecule has 4 heteroatoms. The molecule has 2 bridgehead atoms. The minimum Gasteiger partial charge on any atom is -0.320 e. The number of nitrogens with one attached hydrogen (secondary N) is 2. The highest BCUT2D eigenvalue weighted by atomic mass is 32.1. The molecular formula is C15H24N2OS. The first-order valence-electron chi connectivity index (χ1n) is 6.96. The van der Waals surface area contributed by atoms with E-state index in [4.69, 9.17) is 0 Å². The van der Waals surface area contributed by atoms with Crippen molar-refractivity contribution in [2.75, 3.05) is 20.6 Å². The molecule has 0 spiro atoms. The number of ketones is 1. The highest BCUT2D eigenvalue weighted by Crippen LogP contribution is 2.60. The van der Waals surface area contributed by atoms with Crippen molar-refractivity contribution in [2.24, 2.45) is 10.8 Å². The Morgan fingerprint density at radius 2 is 2.00 bits per heavy atom. The Kier molecular flexibility index (Phi) is 4.54. The lowest BCUT2D eigenvalue weighted by Gasteiger charge is -2.52. The maximum absolute atomic E-state index is 12.5. The van der Waals surface area contributed by atoms with Gasteiger partial charge in [-0.15, -0.1) is 0 Å². The van der Waals surface area contributed by atoms with Crippen molar-refractivity contribution in [3.63, 3.8) is 0 Å². The zero-order valence-electron chi connectivity index (χ0n) is 11.8. The zero-order chi connectivity index (χ0) is 13.9. The van der Waals surface area contributed by atoms with Gasteiger partial charge in [-0.25, -0.2) is 0 Å². The Bertz CT molecular complexity index is 397. The van der Waals surface area contributed by atoms with E-state index in [1.165, 1.54) is 0 Å². The summed E-state index contributed by atoms with van der Waals surface area (Å²) in [5, 5.41) is 6.19. The molecule has 3 rings (SSSR count). The van der Waals surface area contributed by atoms with E-state index in [2.05, 4.69) is 41.5 Å². The first-order valence-corrected chi connectivity index (χ1v) is 7.48. The largest absolute Gasteiger partial charge is 0.320 e. The molecule has 106 valence electrons. The predicted octanol–water partition coefficient (Wildman–Crippen LogP) is 1.92. The molecular weight excluding hydrogens is 256 g/mol. The normalized spacial score (nSPS) is 33.6. The van der Waals surface area contributed by atoms with Gasteiger partial charge in [0.2, 0.25) is 0 Å². The number of hydrogen-bond acceptors (Lipinski definition) is 4. The van der Waals surface area contributed by atoms with Gasteiger partial charge in [0.05, 0.1) is 5.37 Å². The molecule has 0 aromatic heterocycles. The molecule has 1 fully saturated rings. The molecule has 1 atom stereocenters. The van der Waals surface area contributed by atoms with Crippen molar-refractivity contribution in [2.45, 2.75) is 31.1 Å². The zero-order valence-corrected chi connectivity index (χ0v) is 12.7. The molecule has 3 aliphatic rings. The SMILES string of the molecule is CNCCC12C=CC=CC(C(=O)CC(S)NC)(C1)C2. The topological polar surface area (TPSA) is 41.1 Å². The van der Waals surface area contributed by atoms with E-state index < -0.39 is 0 Å². The maximum Gasteiger partial charge on any atom is 0.145 e. The number of fused-ring (bicyclic) bond motifs is 1. The lowest BCUT2D eigenvalue weighted by Crippen LogP contribution is -2.50. The number of rotatable bonds is 7. The average Bonchev–Trinajstić information content (AvgIpc) is 2.66. The second-order valence-electron chi connectivity index (χ2n) is 5.88. The number of hydrogen-bond donors (Lipinski definition) is 3. The molecule has 19 heavy (non-hydrogen) atoms. The minimum absolute atomic E-state index is 0.0428. The van der Waals surface area contributed by atoms with Crippen molar-refractivity contribution in [3.05, 3.63) is 24.3 Å². The maximum atomic E-state index is 12.5. The van der Waals surface area contributed by atoms with E-state index in [9.17, 15) is 4.79 Å². The van der Waals surface area contributed by atoms with Crippen molar-refractivity contribution < 1.29 is 4.79 Å². The molecule has 3 aliphatic carbocycles. The number of carbonyl (C=O) groups excluding carboxylic acids is 1. The quantitative estimate of drug-likeness (QED) is 0.493. The van der Waals surface area contributed by atoms with Crippen LogP contribution in [0.25, 0.3) is 0 Å². The Balaban J connectivity index is 2.04. The molecule has 0 radical (unpaired) electrons. The van der Waals surface area contributed by atoms with E-state index in [1.54, 1.807) is 0 Å². The Morgan fingerprint density at radius 3 is 2.63 bits per heavy atom. The Labute approximate surface area is 121 Å². The number of carbonyl (C=O) groups is 1. The van der Waals surface area contributed by atoms with Gasteiger partial charge in [-0.1, -0.05) is 24.3 Å². The minimum atomic E-state index is -0.241. The summed E-state index contributed by atoms with van der Waals surface area (Å²) in [6.45, 7) is 1.00. The summed E-state index contributed by atoms with van der Waals surface area (Å²) in [6.07, 6.45) is 12.0. The van der Waals surface area contributed by atoms with Crippen LogP contribution in [0.1, 0.15) is 25.7 Å². The van der Waals surface area contributed by atoms with Crippen LogP contribution in [0, 0.1) is 10.8 Å². The van der Waals surface area contributed by atoms with Crippen molar-refractivity contribution in [1.29, 1.82) is 0 Å². The van der Waals surface area contributed by atoms with Gasteiger partial charge in [0.1, 0.15) is 5.78 Å². The van der Waals surface area contributed by atoms with Crippen molar-refractivity contribution >= 4 is 18.4 Å². The smallest absolute Gasteiger partial charge is 0.145 e. The van der Waals surface area contributed by atoms with Crippen LogP contribution in [-0.4, -0.2) is 31.8 Å². The summed E-state index contributed by atoms with van der Waals surface area (Å²) in [6, 6.07) is 0. The van der Waals surface area contributed by atoms with E-state index in [-0.39, 0.29) is 16.2 Å². The molecule has 0 heterocycles. The lowest BCUT2D eigenvalue weighted by atomic mass is 9.50. The van der Waals surface area contributed by atoms with Crippen molar-refractivity contribution in [1.82, 2.24) is 10.6 Å². The molecule has 0 amide bonds. The van der Waals surface area contributed by atoms with Crippen LogP contribution in [0.2, 0.25) is 0 Å². The molecule has 0 saturated heterocycles. The van der Waals surface area contributed by atoms with Crippen LogP contribution < -0.4 is 10.6 Å². The molecule has 2 N–H and O–H groups in total. The Morgan fingerprint density at radius 1 is 1.32 bits per heavy atom. The number of allylic oxidation sites excluding steroid dienone is 4. The second-order valence-corrected chi connectivity index (χ2v) is 6.50. The summed E-state index contributed by atoms with van der Waals surface area (Å²) < 4.78 is 0. The van der Waals surface area contributed by atoms with Gasteiger partial charge in [-0.3, -0.25) is 4.79 Å². The third kappa shape index (κ3) is 2.96. The highest BCUT2D eigenvalue weighted by molar-refractivity contribution is 7.80. The van der Waals surface area contributed by atoms with Gasteiger partial charge >= 0.3 is 0 Å². The highest BCUT2D eigenvalue weighted by Gasteiger charge is 2.55. The third-order valence-electron chi connectivity index (χ3n) is 4.45. The molecule has 0 aliphatic heterocycles. The monoisotopic (exact) mass is 280 g/mol. The van der Waals surface area contributed by atoms with E-state index >= 15 is 0 Å².